The van der Waals surface area contributed by atoms with E-state index >= 15 is 0 Å². The van der Waals surface area contributed by atoms with Crippen molar-refractivity contribution >= 4 is 27.5 Å². The Balaban J connectivity index is 2.53. The van der Waals surface area contributed by atoms with Gasteiger partial charge in [-0.15, -0.1) is 0 Å². The molecule has 0 aliphatic heterocycles. The fourth-order valence-electron chi connectivity index (χ4n) is 2.25. The van der Waals surface area contributed by atoms with Gasteiger partial charge < -0.3 is 5.32 Å². The Morgan fingerprint density at radius 2 is 1.95 bits per heavy atom. The molecule has 0 fully saturated rings. The summed E-state index contributed by atoms with van der Waals surface area (Å²) in [7, 11) is 0. The molecule has 0 spiro atoms. The Bertz CT molecular complexity index is 615. The maximum atomic E-state index is 14.2. The zero-order chi connectivity index (χ0) is 14.7. The molecular weight excluding hydrogens is 341 g/mol. The monoisotopic (exact) mass is 355 g/mol. The first-order valence-electron chi connectivity index (χ1n) is 6.47. The summed E-state index contributed by atoms with van der Waals surface area (Å²) in [4.78, 5) is 0. The molecule has 4 heteroatoms. The third-order valence-electron chi connectivity index (χ3n) is 3.23. The molecule has 0 heterocycles. The lowest BCUT2D eigenvalue weighted by Crippen LogP contribution is -2.23. The van der Waals surface area contributed by atoms with E-state index < -0.39 is 0 Å². The van der Waals surface area contributed by atoms with Crippen LogP contribution in [0.3, 0.4) is 0 Å². The van der Waals surface area contributed by atoms with Crippen LogP contribution in [-0.2, 0) is 0 Å². The number of aryl methyl sites for hydroxylation is 1. The molecule has 2 aromatic carbocycles. The lowest BCUT2D eigenvalue weighted by atomic mass is 9.94. The van der Waals surface area contributed by atoms with Crippen molar-refractivity contribution in [1.82, 2.24) is 5.32 Å². The third-order valence-corrected chi connectivity index (χ3v) is 3.96. The first kappa shape index (κ1) is 15.5. The second-order valence-corrected chi connectivity index (χ2v) is 6.01. The summed E-state index contributed by atoms with van der Waals surface area (Å²) in [6.45, 7) is 4.78. The predicted octanol–water partition coefficient (Wildman–Crippen LogP) is 5.25. The summed E-state index contributed by atoms with van der Waals surface area (Å²) in [6, 6.07) is 10.7. The highest BCUT2D eigenvalue weighted by Crippen LogP contribution is 2.30. The lowest BCUT2D eigenvalue weighted by molar-refractivity contribution is 0.558. The van der Waals surface area contributed by atoms with Crippen LogP contribution in [0, 0.1) is 12.7 Å². The molecule has 2 rings (SSSR count). The molecule has 20 heavy (non-hydrogen) atoms. The van der Waals surface area contributed by atoms with E-state index in [4.69, 9.17) is 11.6 Å². The van der Waals surface area contributed by atoms with E-state index in [0.717, 1.165) is 22.1 Å². The molecular formula is C16H16BrClFN. The minimum absolute atomic E-state index is 0.185. The zero-order valence-electron chi connectivity index (χ0n) is 11.4. The van der Waals surface area contributed by atoms with Gasteiger partial charge in [0, 0.05) is 15.1 Å². The average Bonchev–Trinajstić information content (AvgIpc) is 2.40. The van der Waals surface area contributed by atoms with E-state index in [1.165, 1.54) is 6.07 Å². The van der Waals surface area contributed by atoms with Crippen LogP contribution in [0.5, 0.6) is 0 Å². The van der Waals surface area contributed by atoms with Gasteiger partial charge in [0.1, 0.15) is 5.82 Å². The molecule has 1 nitrogen and oxygen atoms in total. The van der Waals surface area contributed by atoms with Gasteiger partial charge in [0.05, 0.1) is 6.04 Å². The van der Waals surface area contributed by atoms with Crippen LogP contribution in [0.15, 0.2) is 40.9 Å². The molecule has 0 saturated heterocycles. The molecule has 106 valence electrons. The van der Waals surface area contributed by atoms with Gasteiger partial charge in [0.2, 0.25) is 0 Å². The van der Waals surface area contributed by atoms with Gasteiger partial charge in [-0.3, -0.25) is 0 Å². The fourth-order valence-corrected chi connectivity index (χ4v) is 2.79. The quantitative estimate of drug-likeness (QED) is 0.789. The van der Waals surface area contributed by atoms with E-state index in [-0.39, 0.29) is 11.9 Å². The number of halogens is 3. The van der Waals surface area contributed by atoms with Crippen molar-refractivity contribution in [3.05, 3.63) is 68.4 Å². The lowest BCUT2D eigenvalue weighted by Gasteiger charge is -2.22. The van der Waals surface area contributed by atoms with Crippen LogP contribution >= 0.6 is 27.5 Å². The number of hydrogen-bond acceptors (Lipinski definition) is 1. The van der Waals surface area contributed by atoms with Crippen LogP contribution in [0.1, 0.15) is 29.7 Å². The van der Waals surface area contributed by atoms with Gasteiger partial charge in [-0.2, -0.15) is 0 Å². The number of benzene rings is 2. The second-order valence-electron chi connectivity index (χ2n) is 4.66. The normalized spacial score (nSPS) is 12.4. The van der Waals surface area contributed by atoms with Crippen molar-refractivity contribution in [2.24, 2.45) is 0 Å². The maximum absolute atomic E-state index is 14.2. The minimum atomic E-state index is -0.289. The van der Waals surface area contributed by atoms with E-state index in [1.807, 2.05) is 32.0 Å². The smallest absolute Gasteiger partial charge is 0.129 e. The maximum Gasteiger partial charge on any atom is 0.129 e. The topological polar surface area (TPSA) is 12.0 Å². The highest BCUT2D eigenvalue weighted by atomic mass is 79.9. The van der Waals surface area contributed by atoms with Crippen molar-refractivity contribution in [3.63, 3.8) is 0 Å². The first-order valence-corrected chi connectivity index (χ1v) is 7.64. The molecule has 0 amide bonds. The molecule has 0 saturated carbocycles. The Morgan fingerprint density at radius 1 is 1.20 bits per heavy atom. The summed E-state index contributed by atoms with van der Waals surface area (Å²) < 4.78 is 15.2. The predicted molar refractivity (Wildman–Crippen MR) is 85.8 cm³/mol. The first-order chi connectivity index (χ1) is 9.52. The van der Waals surface area contributed by atoms with Gasteiger partial charge in [-0.25, -0.2) is 4.39 Å². The number of rotatable bonds is 4. The Hall–Kier alpha value is -0.900. The largest absolute Gasteiger partial charge is 0.306 e. The number of hydrogen-bond donors (Lipinski definition) is 1. The number of nitrogens with one attached hydrogen (secondary N) is 1. The van der Waals surface area contributed by atoms with E-state index in [2.05, 4.69) is 21.2 Å². The van der Waals surface area contributed by atoms with Gasteiger partial charge in [0.15, 0.2) is 0 Å². The molecule has 0 aliphatic rings. The van der Waals surface area contributed by atoms with Crippen LogP contribution in [-0.4, -0.2) is 6.54 Å². The van der Waals surface area contributed by atoms with E-state index in [0.29, 0.717) is 10.6 Å². The molecule has 0 aromatic heterocycles. The SMILES string of the molecule is CCNC(c1cc(Br)ccc1C)c1ccc(Cl)cc1F. The average molecular weight is 357 g/mol. The summed E-state index contributed by atoms with van der Waals surface area (Å²) in [5.74, 6) is -0.289. The van der Waals surface area contributed by atoms with Crippen molar-refractivity contribution in [2.75, 3.05) is 6.54 Å². The summed E-state index contributed by atoms with van der Waals surface area (Å²) >= 11 is 9.31. The molecule has 2 aromatic rings. The standard InChI is InChI=1S/C16H16BrClFN/c1-3-20-16(13-7-6-12(18)9-15(13)19)14-8-11(17)5-4-10(14)2/h4-9,16,20H,3H2,1-2H3. The zero-order valence-corrected chi connectivity index (χ0v) is 13.7. The minimum Gasteiger partial charge on any atom is -0.306 e. The van der Waals surface area contributed by atoms with Crippen molar-refractivity contribution in [2.45, 2.75) is 19.9 Å². The Labute approximate surface area is 132 Å². The fraction of sp³-hybridized carbons (Fsp3) is 0.250. The van der Waals surface area contributed by atoms with Crippen molar-refractivity contribution < 1.29 is 4.39 Å². The highest BCUT2D eigenvalue weighted by Gasteiger charge is 2.19. The molecule has 1 N–H and O–H groups in total. The molecule has 0 radical (unpaired) electrons. The van der Waals surface area contributed by atoms with E-state index in [9.17, 15) is 4.39 Å². The highest BCUT2D eigenvalue weighted by molar-refractivity contribution is 9.10. The van der Waals surface area contributed by atoms with Crippen molar-refractivity contribution in [1.29, 1.82) is 0 Å². The van der Waals surface area contributed by atoms with Gasteiger partial charge >= 0.3 is 0 Å². The Morgan fingerprint density at radius 3 is 2.60 bits per heavy atom. The third kappa shape index (κ3) is 3.40. The molecule has 1 atom stereocenters. The summed E-state index contributed by atoms with van der Waals surface area (Å²) in [5, 5.41) is 3.75. The van der Waals surface area contributed by atoms with Gasteiger partial charge in [-0.05, 0) is 48.9 Å². The van der Waals surface area contributed by atoms with Gasteiger partial charge in [0.25, 0.3) is 0 Å². The summed E-state index contributed by atoms with van der Waals surface area (Å²) in [6.07, 6.45) is 0. The second kappa shape index (κ2) is 6.70. The molecule has 0 bridgehead atoms. The van der Waals surface area contributed by atoms with Crippen LogP contribution in [0.4, 0.5) is 4.39 Å². The Kier molecular flexibility index (Phi) is 5.19. The molecule has 0 aliphatic carbocycles. The van der Waals surface area contributed by atoms with Crippen LogP contribution in [0.2, 0.25) is 5.02 Å². The van der Waals surface area contributed by atoms with Crippen molar-refractivity contribution in [3.8, 4) is 0 Å². The van der Waals surface area contributed by atoms with Crippen LogP contribution < -0.4 is 5.32 Å². The summed E-state index contributed by atoms with van der Waals surface area (Å²) in [5.41, 5.74) is 2.79. The van der Waals surface area contributed by atoms with Crippen LogP contribution in [0.25, 0.3) is 0 Å². The van der Waals surface area contributed by atoms with Gasteiger partial charge in [-0.1, -0.05) is 46.6 Å². The molecule has 1 unspecified atom stereocenters. The van der Waals surface area contributed by atoms with E-state index in [1.54, 1.807) is 12.1 Å².